The van der Waals surface area contributed by atoms with Crippen molar-refractivity contribution in [3.8, 4) is 23.0 Å². The zero-order valence-electron chi connectivity index (χ0n) is 28.8. The van der Waals surface area contributed by atoms with Crippen molar-refractivity contribution in [2.24, 2.45) is 0 Å². The van der Waals surface area contributed by atoms with Crippen molar-refractivity contribution in [2.75, 3.05) is 37.7 Å². The molecule has 1 amide bonds. The summed E-state index contributed by atoms with van der Waals surface area (Å²) in [5.74, 6) is 0.169. The number of aryl methyl sites for hydroxylation is 1. The van der Waals surface area contributed by atoms with Crippen LogP contribution in [-0.2, 0) is 11.2 Å². The maximum atomic E-state index is 17.0. The number of aromatic nitrogens is 3. The summed E-state index contributed by atoms with van der Waals surface area (Å²) < 4.78 is 43.6. The number of carbonyl (C=O) groups excluding carboxylic acids is 1. The van der Waals surface area contributed by atoms with Gasteiger partial charge in [-0.1, -0.05) is 6.92 Å². The molecule has 4 aliphatic heterocycles. The van der Waals surface area contributed by atoms with E-state index in [0.29, 0.717) is 42.8 Å². The minimum atomic E-state index is -0.907. The first kappa shape index (κ1) is 32.4. The molecule has 1 aliphatic carbocycles. The van der Waals surface area contributed by atoms with Crippen molar-refractivity contribution >= 4 is 22.8 Å². The summed E-state index contributed by atoms with van der Waals surface area (Å²) in [5.41, 5.74) is 1.80. The van der Waals surface area contributed by atoms with Gasteiger partial charge in [-0.05, 0) is 101 Å². The Bertz CT molecular complexity index is 1790. The molecule has 1 N–H and O–H groups in total. The summed E-state index contributed by atoms with van der Waals surface area (Å²) in [6.07, 6.45) is 7.04. The molecule has 0 radical (unpaired) electrons. The number of aromatic hydroxyl groups is 1. The van der Waals surface area contributed by atoms with Gasteiger partial charge in [0.05, 0.1) is 23.0 Å². The fraction of sp³-hybridized carbons (Fsp3) is 0.622. The van der Waals surface area contributed by atoms with E-state index < -0.39 is 23.1 Å². The second kappa shape index (κ2) is 11.9. The van der Waals surface area contributed by atoms with Crippen molar-refractivity contribution in [3.63, 3.8) is 0 Å². The number of fused-ring (bicyclic) bond motifs is 5. The summed E-state index contributed by atoms with van der Waals surface area (Å²) in [7, 11) is 0. The smallest absolute Gasteiger partial charge is 0.410 e. The van der Waals surface area contributed by atoms with Gasteiger partial charge in [-0.15, -0.1) is 0 Å². The van der Waals surface area contributed by atoms with Gasteiger partial charge >= 0.3 is 12.1 Å². The Morgan fingerprint density at radius 1 is 1.10 bits per heavy atom. The van der Waals surface area contributed by atoms with Gasteiger partial charge in [-0.3, -0.25) is 14.8 Å². The van der Waals surface area contributed by atoms with E-state index >= 15 is 4.39 Å². The topological polar surface area (TPSA) is 104 Å². The number of carbonyl (C=O) groups is 1. The lowest BCUT2D eigenvalue weighted by Crippen LogP contribution is -2.57. The second-order valence-corrected chi connectivity index (χ2v) is 15.9. The van der Waals surface area contributed by atoms with E-state index in [9.17, 15) is 14.3 Å². The van der Waals surface area contributed by atoms with Crippen LogP contribution < -0.4 is 9.64 Å². The monoisotopic (exact) mass is 676 g/mol. The molecule has 5 aliphatic rings. The number of benzene rings is 1. The quantitative estimate of drug-likeness (QED) is 0.324. The van der Waals surface area contributed by atoms with Crippen LogP contribution >= 0.6 is 0 Å². The number of alkyl halides is 1. The molecule has 4 saturated heterocycles. The normalized spacial score (nSPS) is 28.2. The van der Waals surface area contributed by atoms with Gasteiger partial charge in [-0.25, -0.2) is 13.6 Å². The minimum absolute atomic E-state index is 0.0373. The summed E-state index contributed by atoms with van der Waals surface area (Å²) >= 11 is 0. The Morgan fingerprint density at radius 3 is 2.63 bits per heavy atom. The van der Waals surface area contributed by atoms with Crippen molar-refractivity contribution in [2.45, 2.75) is 114 Å². The molecular weight excluding hydrogens is 630 g/mol. The lowest BCUT2D eigenvalue weighted by Gasteiger charge is -2.42. The van der Waals surface area contributed by atoms with Gasteiger partial charge in [0, 0.05) is 37.8 Å². The summed E-state index contributed by atoms with van der Waals surface area (Å²) in [5, 5.41) is 11.1. The minimum Gasteiger partial charge on any atom is -0.508 e. The molecule has 8 rings (SSSR count). The van der Waals surface area contributed by atoms with Crippen molar-refractivity contribution in [3.05, 3.63) is 35.3 Å². The molecule has 49 heavy (non-hydrogen) atoms. The molecule has 2 bridgehead atoms. The van der Waals surface area contributed by atoms with Gasteiger partial charge in [0.2, 0.25) is 0 Å². The standard InChI is InChI=1S/C37H46F2N6O4/c1-21-7-5-8-22-13-26(46)14-27(29(21)22)31-30(39)32-28(16-40-31)33(42-34(41-32)48-20-37-11-6-12-44(37)17-23(38)15-37)43-18-24-9-10-25(19-43)45(24)35(47)49-36(2,3)4/h13-14,16,21,23-25,46H,5-12,15,17-20H2,1-4H3/t21?,23-,24-,25+,37+/m1/s1. The van der Waals surface area contributed by atoms with E-state index in [1.165, 1.54) is 0 Å². The third-order valence-electron chi connectivity index (χ3n) is 11.3. The van der Waals surface area contributed by atoms with E-state index in [1.54, 1.807) is 18.3 Å². The van der Waals surface area contributed by atoms with E-state index in [1.807, 2.05) is 25.7 Å². The molecule has 6 heterocycles. The van der Waals surface area contributed by atoms with Crippen molar-refractivity contribution in [1.29, 1.82) is 0 Å². The van der Waals surface area contributed by atoms with Crippen LogP contribution in [-0.4, -0.2) is 98.1 Å². The number of pyridine rings is 1. The van der Waals surface area contributed by atoms with E-state index in [2.05, 4.69) is 26.7 Å². The van der Waals surface area contributed by atoms with Gasteiger partial charge in [0.15, 0.2) is 5.82 Å². The third kappa shape index (κ3) is 5.73. The Balaban J connectivity index is 1.20. The predicted molar refractivity (Wildman–Crippen MR) is 181 cm³/mol. The molecule has 2 aromatic heterocycles. The lowest BCUT2D eigenvalue weighted by atomic mass is 9.80. The summed E-state index contributed by atoms with van der Waals surface area (Å²) in [6.45, 7) is 10.1. The highest BCUT2D eigenvalue weighted by Crippen LogP contribution is 2.44. The van der Waals surface area contributed by atoms with Crippen molar-refractivity contribution in [1.82, 2.24) is 24.8 Å². The first-order valence-electron chi connectivity index (χ1n) is 17.9. The number of hydrogen-bond acceptors (Lipinski definition) is 9. The number of piperazine rings is 1. The van der Waals surface area contributed by atoms with E-state index in [0.717, 1.165) is 62.6 Å². The van der Waals surface area contributed by atoms with Gasteiger partial charge in [0.25, 0.3) is 0 Å². The molecule has 4 fully saturated rings. The van der Waals surface area contributed by atoms with Crippen LogP contribution in [0.2, 0.25) is 0 Å². The molecule has 0 spiro atoms. The fourth-order valence-corrected chi connectivity index (χ4v) is 9.28. The van der Waals surface area contributed by atoms with Crippen LogP contribution in [0.3, 0.4) is 0 Å². The molecule has 0 saturated carbocycles. The number of amides is 1. The Hall–Kier alpha value is -3.80. The van der Waals surface area contributed by atoms with E-state index in [-0.39, 0.29) is 53.7 Å². The molecule has 10 nitrogen and oxygen atoms in total. The van der Waals surface area contributed by atoms with Crippen LogP contribution in [0.5, 0.6) is 11.8 Å². The van der Waals surface area contributed by atoms with Crippen LogP contribution in [0.25, 0.3) is 22.2 Å². The number of halogens is 2. The zero-order valence-corrected chi connectivity index (χ0v) is 28.8. The average molecular weight is 677 g/mol. The van der Waals surface area contributed by atoms with Gasteiger partial charge in [-0.2, -0.15) is 9.97 Å². The predicted octanol–water partition coefficient (Wildman–Crippen LogP) is 6.52. The molecule has 1 aromatic carbocycles. The SMILES string of the molecule is CC1CCCc2cc(O)cc(-c3ncc4c(N5C[C@H]6CC[C@@H](C5)N6C(=O)OC(C)(C)C)nc(OC[C@@]56CCCN5C[C@H](F)C6)nc4c3F)c21. The number of phenols is 1. The maximum absolute atomic E-state index is 17.0. The highest BCUT2D eigenvalue weighted by Gasteiger charge is 2.50. The lowest BCUT2D eigenvalue weighted by molar-refractivity contribution is 0.0122. The Morgan fingerprint density at radius 2 is 1.88 bits per heavy atom. The number of anilines is 1. The average Bonchev–Trinajstić information content (AvgIpc) is 3.65. The summed E-state index contributed by atoms with van der Waals surface area (Å²) in [6, 6.07) is 3.24. The Labute approximate surface area is 285 Å². The molecule has 5 atom stereocenters. The number of nitrogens with zero attached hydrogens (tertiary/aromatic N) is 6. The number of rotatable bonds is 5. The third-order valence-corrected chi connectivity index (χ3v) is 11.3. The highest BCUT2D eigenvalue weighted by molar-refractivity contribution is 5.92. The number of ether oxygens (including phenoxy) is 2. The molecule has 3 aromatic rings. The fourth-order valence-electron chi connectivity index (χ4n) is 9.28. The van der Waals surface area contributed by atoms with Gasteiger partial charge in [0.1, 0.15) is 41.2 Å². The van der Waals surface area contributed by atoms with Gasteiger partial charge < -0.3 is 19.5 Å². The number of hydrogen-bond donors (Lipinski definition) is 1. The second-order valence-electron chi connectivity index (χ2n) is 15.9. The highest BCUT2D eigenvalue weighted by atomic mass is 19.1. The van der Waals surface area contributed by atoms with Crippen LogP contribution in [0, 0.1) is 5.82 Å². The van der Waals surface area contributed by atoms with Crippen molar-refractivity contribution < 1.29 is 28.2 Å². The first-order chi connectivity index (χ1) is 23.4. The zero-order chi connectivity index (χ0) is 34.2. The molecular formula is C37H46F2N6O4. The van der Waals surface area contributed by atoms with Crippen LogP contribution in [0.15, 0.2) is 18.3 Å². The molecule has 1 unspecified atom stereocenters. The molecule has 12 heteroatoms. The maximum Gasteiger partial charge on any atom is 0.410 e. The van der Waals surface area contributed by atoms with Crippen LogP contribution in [0.1, 0.15) is 89.7 Å². The summed E-state index contributed by atoms with van der Waals surface area (Å²) in [4.78, 5) is 33.5. The first-order valence-corrected chi connectivity index (χ1v) is 17.9. The molecule has 262 valence electrons. The Kier molecular flexibility index (Phi) is 7.88. The van der Waals surface area contributed by atoms with Crippen LogP contribution in [0.4, 0.5) is 19.4 Å². The largest absolute Gasteiger partial charge is 0.508 e. The van der Waals surface area contributed by atoms with E-state index in [4.69, 9.17) is 14.5 Å². The number of phenolic OH excluding ortho intramolecular Hbond substituents is 1.